The van der Waals surface area contributed by atoms with E-state index in [2.05, 4.69) is 26.8 Å². The molecule has 1 aromatic carbocycles. The molecule has 39 heavy (non-hydrogen) atoms. The number of hydrogen-bond acceptors (Lipinski definition) is 9. The van der Waals surface area contributed by atoms with Crippen LogP contribution >= 0.6 is 0 Å². The standard InChI is InChI=1S/C27H34N4O8/c1-16-6-9-18(10-7-16)12-20(23(32)27(3)15-38-27)28-25(34)21(13-36-4)30-26(35)22(14-37-5)29-24(33)19-11-8-17(2)39-31-19/h6-7,9-11,20-22H,12-15H2,1-5H3,(H,28,34)(H,29,33)(H,30,35)/t20?,21-,22?,27?/m0/s1. The van der Waals surface area contributed by atoms with E-state index in [1.165, 1.54) is 20.3 Å². The van der Waals surface area contributed by atoms with Crippen LogP contribution in [0.4, 0.5) is 0 Å². The third kappa shape index (κ3) is 8.33. The van der Waals surface area contributed by atoms with Gasteiger partial charge in [-0.25, -0.2) is 0 Å². The topological polar surface area (TPSA) is 157 Å². The lowest BCUT2D eigenvalue weighted by atomic mass is 9.94. The Morgan fingerprint density at radius 1 is 0.974 bits per heavy atom. The Labute approximate surface area is 226 Å². The van der Waals surface area contributed by atoms with Crippen LogP contribution in [0, 0.1) is 6.92 Å². The molecular weight excluding hydrogens is 508 g/mol. The van der Waals surface area contributed by atoms with Crippen LogP contribution in [0.15, 0.2) is 47.0 Å². The Balaban J connectivity index is 1.71. The summed E-state index contributed by atoms with van der Waals surface area (Å²) in [5, 5.41) is 11.5. The van der Waals surface area contributed by atoms with Gasteiger partial charge in [0.2, 0.25) is 11.8 Å². The van der Waals surface area contributed by atoms with E-state index in [1.807, 2.05) is 31.2 Å². The van der Waals surface area contributed by atoms with Crippen molar-refractivity contribution in [3.8, 4) is 0 Å². The maximum Gasteiger partial charge on any atom is 0.274 e. The SMILES string of the molecule is COCC(NC(=O)C1=NOC(C)=C=C1)C(=O)N[C@@H](COC)C(=O)NC(Cc1ccc(C)cc1)C(=O)C1(C)CO1. The van der Waals surface area contributed by atoms with Crippen LogP contribution in [0.2, 0.25) is 0 Å². The maximum absolute atomic E-state index is 13.3. The van der Waals surface area contributed by atoms with E-state index in [0.29, 0.717) is 5.76 Å². The molecule has 3 amide bonds. The minimum atomic E-state index is -1.17. The van der Waals surface area contributed by atoms with Crippen molar-refractivity contribution in [1.82, 2.24) is 16.0 Å². The van der Waals surface area contributed by atoms with E-state index in [9.17, 15) is 19.2 Å². The Hall–Kier alpha value is -3.83. The Morgan fingerprint density at radius 2 is 1.54 bits per heavy atom. The molecule has 0 aliphatic carbocycles. The smallest absolute Gasteiger partial charge is 0.274 e. The highest BCUT2D eigenvalue weighted by Crippen LogP contribution is 2.29. The summed E-state index contributed by atoms with van der Waals surface area (Å²) in [7, 11) is 2.73. The fourth-order valence-electron chi connectivity index (χ4n) is 3.71. The number of Topliss-reactive ketones (excluding diaryl/α,β-unsaturated/α-hetero) is 1. The van der Waals surface area contributed by atoms with Crippen LogP contribution in [-0.2, 0) is 44.6 Å². The van der Waals surface area contributed by atoms with Crippen molar-refractivity contribution >= 4 is 29.2 Å². The third-order valence-corrected chi connectivity index (χ3v) is 6.14. The molecule has 1 fully saturated rings. The number of oxime groups is 1. The molecule has 0 saturated carbocycles. The van der Waals surface area contributed by atoms with Crippen molar-refractivity contribution in [2.75, 3.05) is 34.0 Å². The van der Waals surface area contributed by atoms with Gasteiger partial charge >= 0.3 is 0 Å². The van der Waals surface area contributed by atoms with Crippen molar-refractivity contribution in [2.24, 2.45) is 5.16 Å². The van der Waals surface area contributed by atoms with Gasteiger partial charge in [0.25, 0.3) is 5.91 Å². The zero-order valence-corrected chi connectivity index (χ0v) is 22.7. The molecule has 3 rings (SSSR count). The second-order valence-electron chi connectivity index (χ2n) is 9.55. The number of aryl methyl sites for hydroxylation is 1. The Kier molecular flexibility index (Phi) is 10.1. The minimum Gasteiger partial charge on any atom is -0.382 e. The highest BCUT2D eigenvalue weighted by Gasteiger charge is 2.50. The summed E-state index contributed by atoms with van der Waals surface area (Å²) in [6.45, 7) is 5.14. The van der Waals surface area contributed by atoms with Crippen LogP contribution in [0.25, 0.3) is 0 Å². The first-order valence-electron chi connectivity index (χ1n) is 12.4. The van der Waals surface area contributed by atoms with E-state index in [1.54, 1.807) is 13.8 Å². The first-order chi connectivity index (χ1) is 18.6. The van der Waals surface area contributed by atoms with E-state index in [0.717, 1.165) is 11.1 Å². The Bertz CT molecular complexity index is 1180. The zero-order chi connectivity index (χ0) is 28.6. The molecule has 210 valence electrons. The molecule has 1 saturated heterocycles. The largest absolute Gasteiger partial charge is 0.382 e. The molecule has 12 nitrogen and oxygen atoms in total. The summed E-state index contributed by atoms with van der Waals surface area (Å²) in [4.78, 5) is 57.0. The quantitative estimate of drug-likeness (QED) is 0.221. The molecule has 12 heteroatoms. The number of rotatable bonds is 14. The van der Waals surface area contributed by atoms with Crippen molar-refractivity contribution in [3.63, 3.8) is 0 Å². The summed E-state index contributed by atoms with van der Waals surface area (Å²) < 4.78 is 15.6. The van der Waals surface area contributed by atoms with Gasteiger partial charge in [0.15, 0.2) is 17.3 Å². The number of epoxide rings is 1. The van der Waals surface area contributed by atoms with Crippen molar-refractivity contribution in [3.05, 3.63) is 53.0 Å². The van der Waals surface area contributed by atoms with Gasteiger partial charge in [0, 0.05) is 27.2 Å². The summed E-state index contributed by atoms with van der Waals surface area (Å²) in [5.74, 6) is -1.91. The molecule has 2 heterocycles. The number of amides is 3. The third-order valence-electron chi connectivity index (χ3n) is 6.14. The van der Waals surface area contributed by atoms with E-state index >= 15 is 0 Å². The fourth-order valence-corrected chi connectivity index (χ4v) is 3.71. The van der Waals surface area contributed by atoms with E-state index < -0.39 is 41.4 Å². The number of methoxy groups -OCH3 is 2. The predicted molar refractivity (Wildman–Crippen MR) is 140 cm³/mol. The first-order valence-corrected chi connectivity index (χ1v) is 12.4. The highest BCUT2D eigenvalue weighted by molar-refractivity contribution is 6.43. The predicted octanol–water partition coefficient (Wildman–Crippen LogP) is 0.0878. The molecule has 0 aromatic heterocycles. The number of ketones is 1. The fraction of sp³-hybridized carbons (Fsp3) is 0.481. The molecule has 4 atom stereocenters. The van der Waals surface area contributed by atoms with E-state index in [4.69, 9.17) is 19.0 Å². The average Bonchev–Trinajstić information content (AvgIpc) is 3.67. The lowest BCUT2D eigenvalue weighted by molar-refractivity contribution is -0.135. The number of hydrogen-bond donors (Lipinski definition) is 3. The van der Waals surface area contributed by atoms with Crippen LogP contribution in [0.3, 0.4) is 0 Å². The number of ether oxygens (including phenoxy) is 3. The van der Waals surface area contributed by atoms with Crippen molar-refractivity contribution < 1.29 is 38.2 Å². The molecule has 2 aliphatic heterocycles. The Morgan fingerprint density at radius 3 is 2.05 bits per heavy atom. The molecule has 0 bridgehead atoms. The molecule has 3 N–H and O–H groups in total. The monoisotopic (exact) mass is 542 g/mol. The zero-order valence-electron chi connectivity index (χ0n) is 22.7. The summed E-state index contributed by atoms with van der Waals surface area (Å²) in [5.41, 5.74) is 3.57. The van der Waals surface area contributed by atoms with Gasteiger partial charge < -0.3 is 35.0 Å². The lowest BCUT2D eigenvalue weighted by Crippen LogP contribution is -2.59. The summed E-state index contributed by atoms with van der Waals surface area (Å²) in [6.07, 6.45) is 1.57. The molecule has 0 spiro atoms. The minimum absolute atomic E-state index is 0.0889. The van der Waals surface area contributed by atoms with Gasteiger partial charge in [-0.2, -0.15) is 0 Å². The van der Waals surface area contributed by atoms with Gasteiger partial charge in [-0.05, 0) is 25.8 Å². The normalized spacial score (nSPS) is 19.9. The second-order valence-corrected chi connectivity index (χ2v) is 9.55. The average molecular weight is 543 g/mol. The van der Waals surface area contributed by atoms with Gasteiger partial charge in [0.1, 0.15) is 17.7 Å². The van der Waals surface area contributed by atoms with Gasteiger partial charge in [-0.3, -0.25) is 19.2 Å². The van der Waals surface area contributed by atoms with Gasteiger partial charge in [-0.15, -0.1) is 0 Å². The second kappa shape index (κ2) is 13.3. The number of carbonyl (C=O) groups excluding carboxylic acids is 4. The molecular formula is C27H34N4O8. The number of carbonyl (C=O) groups is 4. The van der Waals surface area contributed by atoms with Gasteiger partial charge in [-0.1, -0.05) is 40.7 Å². The molecule has 3 unspecified atom stereocenters. The van der Waals surface area contributed by atoms with Gasteiger partial charge in [0.05, 0.1) is 25.9 Å². The highest BCUT2D eigenvalue weighted by atomic mass is 16.6. The number of benzene rings is 1. The number of nitrogens with one attached hydrogen (secondary N) is 3. The number of nitrogens with zero attached hydrogens (tertiary/aromatic N) is 1. The molecule has 1 aromatic rings. The van der Waals surface area contributed by atoms with Crippen LogP contribution in [0.1, 0.15) is 25.0 Å². The maximum atomic E-state index is 13.3. The van der Waals surface area contributed by atoms with Crippen LogP contribution in [0.5, 0.6) is 0 Å². The molecule has 2 aliphatic rings. The molecule has 0 radical (unpaired) electrons. The first kappa shape index (κ1) is 29.7. The van der Waals surface area contributed by atoms with Crippen molar-refractivity contribution in [2.45, 2.75) is 50.9 Å². The van der Waals surface area contributed by atoms with E-state index in [-0.39, 0.29) is 37.7 Å². The van der Waals surface area contributed by atoms with Crippen molar-refractivity contribution in [1.29, 1.82) is 0 Å². The summed E-state index contributed by atoms with van der Waals surface area (Å²) in [6, 6.07) is 4.39. The summed E-state index contributed by atoms with van der Waals surface area (Å²) >= 11 is 0. The van der Waals surface area contributed by atoms with Crippen LogP contribution in [-0.4, -0.2) is 87.0 Å². The lowest BCUT2D eigenvalue weighted by Gasteiger charge is -2.25. The van der Waals surface area contributed by atoms with Crippen LogP contribution < -0.4 is 16.0 Å².